The molecular formula is C18H23N3O3. The Kier molecular flexibility index (Phi) is 5.15. The molecule has 1 saturated heterocycles. The second-order valence-corrected chi connectivity index (χ2v) is 6.06. The number of aliphatic hydroxyl groups is 1. The van der Waals surface area contributed by atoms with Gasteiger partial charge in [0.25, 0.3) is 5.91 Å². The number of benzene rings is 1. The Labute approximate surface area is 141 Å². The number of piperidine rings is 1. The summed E-state index contributed by atoms with van der Waals surface area (Å²) in [7, 11) is 1.63. The van der Waals surface area contributed by atoms with Gasteiger partial charge in [0, 0.05) is 24.8 Å². The van der Waals surface area contributed by atoms with Crippen LogP contribution in [0, 0.1) is 0 Å². The Morgan fingerprint density at radius 3 is 2.88 bits per heavy atom. The fraction of sp³-hybridized carbons (Fsp3) is 0.444. The normalized spacial score (nSPS) is 17.8. The predicted molar refractivity (Wildman–Crippen MR) is 91.0 cm³/mol. The summed E-state index contributed by atoms with van der Waals surface area (Å²) >= 11 is 0. The number of aromatic amines is 1. The fourth-order valence-corrected chi connectivity index (χ4v) is 3.21. The van der Waals surface area contributed by atoms with Crippen molar-refractivity contribution in [3.8, 4) is 17.0 Å². The average Bonchev–Trinajstić information content (AvgIpc) is 3.12. The molecule has 3 rings (SSSR count). The maximum Gasteiger partial charge on any atom is 0.272 e. The number of rotatable bonds is 5. The predicted octanol–water partition coefficient (Wildman–Crippen LogP) is 2.46. The van der Waals surface area contributed by atoms with Crippen molar-refractivity contribution < 1.29 is 14.6 Å². The molecule has 0 bridgehead atoms. The molecule has 1 atom stereocenters. The van der Waals surface area contributed by atoms with Crippen LogP contribution in [-0.2, 0) is 0 Å². The van der Waals surface area contributed by atoms with Crippen LogP contribution in [0.1, 0.15) is 36.2 Å². The highest BCUT2D eigenvalue weighted by Crippen LogP contribution is 2.24. The number of amides is 1. The van der Waals surface area contributed by atoms with Crippen LogP contribution in [0.25, 0.3) is 11.3 Å². The van der Waals surface area contributed by atoms with E-state index in [4.69, 9.17) is 4.74 Å². The van der Waals surface area contributed by atoms with Crippen molar-refractivity contribution in [1.82, 2.24) is 15.1 Å². The number of hydrogen-bond donors (Lipinski definition) is 2. The number of methoxy groups -OCH3 is 1. The monoisotopic (exact) mass is 329 g/mol. The minimum atomic E-state index is -0.0413. The lowest BCUT2D eigenvalue weighted by Gasteiger charge is -2.35. The number of carbonyl (C=O) groups is 1. The van der Waals surface area contributed by atoms with Crippen LogP contribution in [0.4, 0.5) is 0 Å². The van der Waals surface area contributed by atoms with Crippen molar-refractivity contribution in [2.75, 3.05) is 20.3 Å². The maximum atomic E-state index is 12.8. The van der Waals surface area contributed by atoms with Gasteiger partial charge < -0.3 is 14.7 Å². The number of H-pyrrole nitrogens is 1. The van der Waals surface area contributed by atoms with Gasteiger partial charge in [0.2, 0.25) is 0 Å². The summed E-state index contributed by atoms with van der Waals surface area (Å²) in [5, 5.41) is 16.3. The summed E-state index contributed by atoms with van der Waals surface area (Å²) in [6.07, 6.45) is 3.69. The Balaban J connectivity index is 1.77. The smallest absolute Gasteiger partial charge is 0.272 e. The Hall–Kier alpha value is -2.34. The van der Waals surface area contributed by atoms with E-state index in [2.05, 4.69) is 10.2 Å². The highest BCUT2D eigenvalue weighted by atomic mass is 16.5. The molecule has 0 spiro atoms. The molecule has 1 unspecified atom stereocenters. The van der Waals surface area contributed by atoms with E-state index in [1.165, 1.54) is 0 Å². The molecule has 2 heterocycles. The summed E-state index contributed by atoms with van der Waals surface area (Å²) in [4.78, 5) is 14.6. The lowest BCUT2D eigenvalue weighted by Crippen LogP contribution is -2.44. The average molecular weight is 329 g/mol. The van der Waals surface area contributed by atoms with Gasteiger partial charge in [0.1, 0.15) is 11.4 Å². The van der Waals surface area contributed by atoms with Crippen LogP contribution in [0.3, 0.4) is 0 Å². The Bertz CT molecular complexity index is 679. The third-order valence-electron chi connectivity index (χ3n) is 4.54. The van der Waals surface area contributed by atoms with Crippen molar-refractivity contribution in [3.63, 3.8) is 0 Å². The molecule has 1 aliphatic rings. The van der Waals surface area contributed by atoms with E-state index in [9.17, 15) is 9.90 Å². The first-order chi connectivity index (χ1) is 11.7. The standard InChI is InChI=1S/C18H23N3O3/c1-24-15-7-5-13(6-8-15)16-12-17(20-19-16)18(23)21-10-3-2-4-14(21)9-11-22/h5-8,12,14,22H,2-4,9-11H2,1H3,(H,19,20). The first-order valence-corrected chi connectivity index (χ1v) is 8.34. The van der Waals surface area contributed by atoms with Crippen LogP contribution in [0.15, 0.2) is 30.3 Å². The molecule has 0 radical (unpaired) electrons. The van der Waals surface area contributed by atoms with E-state index in [0.29, 0.717) is 12.1 Å². The zero-order valence-electron chi connectivity index (χ0n) is 13.9. The van der Waals surface area contributed by atoms with Crippen molar-refractivity contribution >= 4 is 5.91 Å². The van der Waals surface area contributed by atoms with Crippen LogP contribution in [-0.4, -0.2) is 52.4 Å². The van der Waals surface area contributed by atoms with Crippen LogP contribution in [0.2, 0.25) is 0 Å². The minimum Gasteiger partial charge on any atom is -0.497 e. The van der Waals surface area contributed by atoms with Gasteiger partial charge >= 0.3 is 0 Å². The summed E-state index contributed by atoms with van der Waals surface area (Å²) in [5.41, 5.74) is 2.15. The second-order valence-electron chi connectivity index (χ2n) is 6.06. The molecule has 0 saturated carbocycles. The van der Waals surface area contributed by atoms with Gasteiger partial charge in [-0.05, 0) is 56.0 Å². The second kappa shape index (κ2) is 7.49. The van der Waals surface area contributed by atoms with Gasteiger partial charge in [-0.25, -0.2) is 0 Å². The number of nitrogens with one attached hydrogen (secondary N) is 1. The molecule has 2 aromatic rings. The molecule has 1 aromatic carbocycles. The van der Waals surface area contributed by atoms with Gasteiger partial charge in [-0.2, -0.15) is 5.10 Å². The lowest BCUT2D eigenvalue weighted by molar-refractivity contribution is 0.0568. The molecule has 1 amide bonds. The summed E-state index contributed by atoms with van der Waals surface area (Å²) in [6.45, 7) is 0.842. The van der Waals surface area contributed by atoms with Gasteiger partial charge in [-0.3, -0.25) is 9.89 Å². The molecule has 6 nitrogen and oxygen atoms in total. The van der Waals surface area contributed by atoms with Crippen molar-refractivity contribution in [2.45, 2.75) is 31.7 Å². The van der Waals surface area contributed by atoms with E-state index in [1.807, 2.05) is 29.2 Å². The maximum absolute atomic E-state index is 12.8. The number of aromatic nitrogens is 2. The molecule has 24 heavy (non-hydrogen) atoms. The number of carbonyl (C=O) groups excluding carboxylic acids is 1. The van der Waals surface area contributed by atoms with Crippen LogP contribution < -0.4 is 4.74 Å². The van der Waals surface area contributed by atoms with E-state index in [1.54, 1.807) is 13.2 Å². The summed E-state index contributed by atoms with van der Waals surface area (Å²) < 4.78 is 5.15. The third-order valence-corrected chi connectivity index (χ3v) is 4.54. The lowest BCUT2D eigenvalue weighted by atomic mass is 9.99. The van der Waals surface area contributed by atoms with Gasteiger partial charge in [0.15, 0.2) is 0 Å². The molecular weight excluding hydrogens is 306 g/mol. The molecule has 6 heteroatoms. The van der Waals surface area contributed by atoms with Crippen LogP contribution >= 0.6 is 0 Å². The topological polar surface area (TPSA) is 78.5 Å². The zero-order valence-corrected chi connectivity index (χ0v) is 13.9. The molecule has 0 aliphatic carbocycles. The number of ether oxygens (including phenoxy) is 1. The highest BCUT2D eigenvalue weighted by Gasteiger charge is 2.28. The van der Waals surface area contributed by atoms with Gasteiger partial charge in [0.05, 0.1) is 12.8 Å². The quantitative estimate of drug-likeness (QED) is 0.883. The van der Waals surface area contributed by atoms with Gasteiger partial charge in [-0.1, -0.05) is 0 Å². The third kappa shape index (κ3) is 3.43. The Morgan fingerprint density at radius 2 is 2.17 bits per heavy atom. The summed E-state index contributed by atoms with van der Waals surface area (Å²) in [5.74, 6) is 0.742. The molecule has 1 aromatic heterocycles. The molecule has 1 fully saturated rings. The van der Waals surface area contributed by atoms with E-state index < -0.39 is 0 Å². The van der Waals surface area contributed by atoms with Crippen molar-refractivity contribution in [1.29, 1.82) is 0 Å². The first-order valence-electron chi connectivity index (χ1n) is 8.34. The summed E-state index contributed by atoms with van der Waals surface area (Å²) in [6, 6.07) is 9.47. The van der Waals surface area contributed by atoms with Gasteiger partial charge in [-0.15, -0.1) is 0 Å². The first kappa shape index (κ1) is 16.5. The number of aliphatic hydroxyl groups excluding tert-OH is 1. The van der Waals surface area contributed by atoms with Crippen molar-refractivity contribution in [3.05, 3.63) is 36.0 Å². The number of likely N-dealkylation sites (tertiary alicyclic amines) is 1. The van der Waals surface area contributed by atoms with E-state index in [-0.39, 0.29) is 18.6 Å². The molecule has 1 aliphatic heterocycles. The zero-order chi connectivity index (χ0) is 16.9. The van der Waals surface area contributed by atoms with Crippen molar-refractivity contribution in [2.24, 2.45) is 0 Å². The van der Waals surface area contributed by atoms with E-state index >= 15 is 0 Å². The highest BCUT2D eigenvalue weighted by molar-refractivity contribution is 5.93. The Morgan fingerprint density at radius 1 is 1.38 bits per heavy atom. The number of nitrogens with zero attached hydrogens (tertiary/aromatic N) is 2. The number of hydrogen-bond acceptors (Lipinski definition) is 4. The fourth-order valence-electron chi connectivity index (χ4n) is 3.21. The minimum absolute atomic E-state index is 0.0413. The SMILES string of the molecule is COc1ccc(-c2cc(C(=O)N3CCCCC3CCO)[nH]n2)cc1. The molecule has 2 N–H and O–H groups in total. The largest absolute Gasteiger partial charge is 0.497 e. The molecule has 128 valence electrons. The van der Waals surface area contributed by atoms with Crippen LogP contribution in [0.5, 0.6) is 5.75 Å². The van der Waals surface area contributed by atoms with E-state index in [0.717, 1.165) is 42.8 Å².